The fraction of sp³-hybridized carbons (Fsp3) is 0.118. The quantitative estimate of drug-likeness (QED) is 0.746. The maximum atomic E-state index is 13.8. The highest BCUT2D eigenvalue weighted by molar-refractivity contribution is 6.09. The van der Waals surface area contributed by atoms with Gasteiger partial charge in [0.1, 0.15) is 28.9 Å². The van der Waals surface area contributed by atoms with Gasteiger partial charge in [-0.05, 0) is 24.3 Å². The van der Waals surface area contributed by atoms with Gasteiger partial charge in [0.2, 0.25) is 5.78 Å². The molecule has 0 amide bonds. The molecule has 130 valence electrons. The molecule has 0 radical (unpaired) electrons. The summed E-state index contributed by atoms with van der Waals surface area (Å²) in [6, 6.07) is 7.22. The van der Waals surface area contributed by atoms with Crippen molar-refractivity contribution in [2.75, 3.05) is 0 Å². The third kappa shape index (κ3) is 2.29. The van der Waals surface area contributed by atoms with Crippen molar-refractivity contribution in [3.05, 3.63) is 58.4 Å². The normalized spacial score (nSPS) is 16.5. The summed E-state index contributed by atoms with van der Waals surface area (Å²) in [6.07, 6.45) is 0. The summed E-state index contributed by atoms with van der Waals surface area (Å²) in [5, 5.41) is 18.0. The SMILES string of the molecule is N#Cc1cc(F)cc(Oc2ccc3c(c2C#N)C(=O)C(F)(F)C3(F)F)c1. The van der Waals surface area contributed by atoms with Crippen molar-refractivity contribution in [2.24, 2.45) is 0 Å². The first-order valence-corrected chi connectivity index (χ1v) is 6.90. The Bertz CT molecular complexity index is 1030. The van der Waals surface area contributed by atoms with E-state index < -0.39 is 45.9 Å². The van der Waals surface area contributed by atoms with Gasteiger partial charge in [-0.1, -0.05) is 0 Å². The van der Waals surface area contributed by atoms with Crippen LogP contribution >= 0.6 is 0 Å². The van der Waals surface area contributed by atoms with Gasteiger partial charge in [-0.3, -0.25) is 4.79 Å². The third-order valence-electron chi connectivity index (χ3n) is 3.75. The number of alkyl halides is 4. The summed E-state index contributed by atoms with van der Waals surface area (Å²) in [7, 11) is 0. The molecule has 9 heteroatoms. The van der Waals surface area contributed by atoms with Crippen LogP contribution in [0.25, 0.3) is 0 Å². The Hall–Kier alpha value is -3.46. The number of halogens is 5. The van der Waals surface area contributed by atoms with Crippen LogP contribution in [0.1, 0.15) is 27.0 Å². The van der Waals surface area contributed by atoms with Crippen molar-refractivity contribution in [2.45, 2.75) is 11.8 Å². The van der Waals surface area contributed by atoms with E-state index in [2.05, 4.69) is 0 Å². The fourth-order valence-electron chi connectivity index (χ4n) is 2.56. The first-order chi connectivity index (χ1) is 12.1. The number of hydrogen-bond acceptors (Lipinski definition) is 4. The predicted octanol–water partition coefficient (Wildman–Crippen LogP) is 4.28. The van der Waals surface area contributed by atoms with E-state index in [1.807, 2.05) is 0 Å². The molecule has 0 fully saturated rings. The van der Waals surface area contributed by atoms with Gasteiger partial charge in [0.05, 0.1) is 17.2 Å². The highest BCUT2D eigenvalue weighted by Crippen LogP contribution is 2.53. The Kier molecular flexibility index (Phi) is 3.69. The number of ether oxygens (including phenoxy) is 1. The average Bonchev–Trinajstić information content (AvgIpc) is 2.72. The van der Waals surface area contributed by atoms with Crippen LogP contribution in [-0.4, -0.2) is 11.7 Å². The molecule has 4 nitrogen and oxygen atoms in total. The molecule has 0 saturated carbocycles. The zero-order chi connectivity index (χ0) is 19.3. The number of benzene rings is 2. The van der Waals surface area contributed by atoms with Crippen LogP contribution < -0.4 is 4.74 Å². The number of Topliss-reactive ketones (excluding diaryl/α,β-unsaturated/α-hetero) is 1. The van der Waals surface area contributed by atoms with Gasteiger partial charge in [0, 0.05) is 11.6 Å². The van der Waals surface area contributed by atoms with Crippen molar-refractivity contribution in [1.29, 1.82) is 10.5 Å². The minimum Gasteiger partial charge on any atom is -0.456 e. The van der Waals surface area contributed by atoms with Crippen molar-refractivity contribution in [3.8, 4) is 23.6 Å². The Labute approximate surface area is 142 Å². The van der Waals surface area contributed by atoms with E-state index in [0.29, 0.717) is 6.07 Å². The highest BCUT2D eigenvalue weighted by Gasteiger charge is 2.69. The lowest BCUT2D eigenvalue weighted by atomic mass is 10.0. The van der Waals surface area contributed by atoms with E-state index in [1.54, 1.807) is 6.07 Å². The van der Waals surface area contributed by atoms with E-state index in [0.717, 1.165) is 24.3 Å². The molecule has 0 heterocycles. The van der Waals surface area contributed by atoms with Gasteiger partial charge in [-0.15, -0.1) is 0 Å². The van der Waals surface area contributed by atoms with E-state index in [1.165, 1.54) is 6.07 Å². The summed E-state index contributed by atoms with van der Waals surface area (Å²) >= 11 is 0. The highest BCUT2D eigenvalue weighted by atomic mass is 19.3. The molecule has 2 aromatic carbocycles. The fourth-order valence-corrected chi connectivity index (χ4v) is 2.56. The maximum Gasteiger partial charge on any atom is 0.376 e. The van der Waals surface area contributed by atoms with E-state index >= 15 is 0 Å². The zero-order valence-corrected chi connectivity index (χ0v) is 12.5. The molecule has 0 aliphatic heterocycles. The van der Waals surface area contributed by atoms with Crippen LogP contribution in [0.4, 0.5) is 22.0 Å². The Balaban J connectivity index is 2.16. The summed E-state index contributed by atoms with van der Waals surface area (Å²) in [5.74, 6) is -13.6. The number of ketones is 1. The van der Waals surface area contributed by atoms with E-state index in [-0.39, 0.29) is 11.3 Å². The predicted molar refractivity (Wildman–Crippen MR) is 75.5 cm³/mol. The first kappa shape index (κ1) is 17.4. The van der Waals surface area contributed by atoms with Crippen LogP contribution in [0, 0.1) is 28.5 Å². The molecule has 1 aliphatic carbocycles. The number of rotatable bonds is 2. The van der Waals surface area contributed by atoms with Gasteiger partial charge in [-0.25, -0.2) is 4.39 Å². The lowest BCUT2D eigenvalue weighted by Crippen LogP contribution is -2.38. The minimum absolute atomic E-state index is 0.131. The molecular formula is C17H5F5N2O2. The second-order valence-electron chi connectivity index (χ2n) is 5.34. The molecule has 2 aromatic rings. The van der Waals surface area contributed by atoms with Gasteiger partial charge in [0.25, 0.3) is 0 Å². The Morgan fingerprint density at radius 2 is 1.65 bits per heavy atom. The summed E-state index contributed by atoms with van der Waals surface area (Å²) in [5.41, 5.74) is -3.38. The van der Waals surface area contributed by atoms with Gasteiger partial charge in [-0.2, -0.15) is 28.1 Å². The molecule has 0 saturated heterocycles. The number of nitriles is 2. The van der Waals surface area contributed by atoms with E-state index in [9.17, 15) is 32.0 Å². The molecule has 0 atom stereocenters. The van der Waals surface area contributed by atoms with Crippen molar-refractivity contribution in [3.63, 3.8) is 0 Å². The van der Waals surface area contributed by atoms with Crippen LogP contribution in [0.2, 0.25) is 0 Å². The molecule has 0 unspecified atom stereocenters. The standard InChI is InChI=1S/C17H5F5N2O2/c18-9-3-8(6-23)4-10(5-9)26-13-2-1-12-14(11(13)7-24)15(25)17(21,22)16(12,19)20/h1-5H. The topological polar surface area (TPSA) is 73.9 Å². The molecule has 0 aromatic heterocycles. The molecule has 26 heavy (non-hydrogen) atoms. The number of carbonyl (C=O) groups is 1. The molecule has 0 N–H and O–H groups in total. The first-order valence-electron chi connectivity index (χ1n) is 6.90. The largest absolute Gasteiger partial charge is 0.456 e. The van der Waals surface area contributed by atoms with Gasteiger partial charge < -0.3 is 4.74 Å². The molecule has 1 aliphatic rings. The lowest BCUT2D eigenvalue weighted by Gasteiger charge is -2.17. The number of hydrogen-bond donors (Lipinski definition) is 0. The number of carbonyl (C=O) groups excluding carboxylic acids is 1. The Morgan fingerprint density at radius 3 is 2.27 bits per heavy atom. The molecule has 3 rings (SSSR count). The van der Waals surface area contributed by atoms with Crippen LogP contribution in [-0.2, 0) is 5.92 Å². The molecule has 0 spiro atoms. The van der Waals surface area contributed by atoms with E-state index in [4.69, 9.17) is 10.00 Å². The summed E-state index contributed by atoms with van der Waals surface area (Å²) in [6.45, 7) is 0. The maximum absolute atomic E-state index is 13.8. The smallest absolute Gasteiger partial charge is 0.376 e. The van der Waals surface area contributed by atoms with Crippen molar-refractivity contribution < 1.29 is 31.5 Å². The van der Waals surface area contributed by atoms with Crippen molar-refractivity contribution in [1.82, 2.24) is 0 Å². The molecular weight excluding hydrogens is 359 g/mol. The summed E-state index contributed by atoms with van der Waals surface area (Å²) in [4.78, 5) is 11.7. The second-order valence-corrected chi connectivity index (χ2v) is 5.34. The average molecular weight is 364 g/mol. The monoisotopic (exact) mass is 364 g/mol. The van der Waals surface area contributed by atoms with Crippen molar-refractivity contribution >= 4 is 5.78 Å². The number of nitrogens with zero attached hydrogens (tertiary/aromatic N) is 2. The van der Waals surface area contributed by atoms with Gasteiger partial charge >= 0.3 is 11.8 Å². The van der Waals surface area contributed by atoms with Crippen LogP contribution in [0.5, 0.6) is 11.5 Å². The van der Waals surface area contributed by atoms with Gasteiger partial charge in [0.15, 0.2) is 0 Å². The Morgan fingerprint density at radius 1 is 0.962 bits per heavy atom. The van der Waals surface area contributed by atoms with Crippen LogP contribution in [0.15, 0.2) is 30.3 Å². The zero-order valence-electron chi connectivity index (χ0n) is 12.5. The lowest BCUT2D eigenvalue weighted by molar-refractivity contribution is -0.176. The third-order valence-corrected chi connectivity index (χ3v) is 3.75. The summed E-state index contributed by atoms with van der Waals surface area (Å²) < 4.78 is 73.4. The van der Waals surface area contributed by atoms with Crippen LogP contribution in [0.3, 0.4) is 0 Å². The second kappa shape index (κ2) is 5.53. The minimum atomic E-state index is -4.99. The number of fused-ring (bicyclic) bond motifs is 1. The molecule has 0 bridgehead atoms.